The summed E-state index contributed by atoms with van der Waals surface area (Å²) in [6.07, 6.45) is 0.426. The van der Waals surface area contributed by atoms with Gasteiger partial charge in [-0.2, -0.15) is 5.10 Å². The molecule has 1 aliphatic heterocycles. The highest BCUT2D eigenvalue weighted by molar-refractivity contribution is 14.1. The van der Waals surface area contributed by atoms with Crippen molar-refractivity contribution >= 4 is 69.4 Å². The molecule has 0 saturated carbocycles. The molecule has 2 amide bonds. The number of hydrogen-bond donors (Lipinski definition) is 4. The molecule has 0 aromatic heterocycles. The Hall–Kier alpha value is -4.10. The summed E-state index contributed by atoms with van der Waals surface area (Å²) in [6, 6.07) is 14.7. The fraction of sp³-hybridized carbons (Fsp3) is 0.294. The summed E-state index contributed by atoms with van der Waals surface area (Å²) in [5.41, 5.74) is 6.07. The van der Waals surface area contributed by atoms with Crippen molar-refractivity contribution in [1.29, 1.82) is 0 Å². The second kappa shape index (κ2) is 18.1. The Balaban J connectivity index is 1.34. The Bertz CT molecular complexity index is 1710. The lowest BCUT2D eigenvalue weighted by Gasteiger charge is -2.28. The summed E-state index contributed by atoms with van der Waals surface area (Å²) < 4.78 is 29.4. The molecule has 49 heavy (non-hydrogen) atoms. The number of methoxy groups -OCH3 is 1. The van der Waals surface area contributed by atoms with Gasteiger partial charge in [-0.1, -0.05) is 18.2 Å². The van der Waals surface area contributed by atoms with E-state index in [0.717, 1.165) is 24.0 Å². The molecule has 2 atom stereocenters. The topological polar surface area (TPSA) is 166 Å². The summed E-state index contributed by atoms with van der Waals surface area (Å²) in [6.45, 7) is 6.02. The van der Waals surface area contributed by atoms with Crippen molar-refractivity contribution in [3.63, 3.8) is 0 Å². The second-order valence-corrected chi connectivity index (χ2v) is 12.8. The van der Waals surface area contributed by atoms with Crippen molar-refractivity contribution in [2.45, 2.75) is 39.6 Å². The maximum Gasteiger partial charge on any atom is 0.338 e. The molecule has 0 saturated heterocycles. The van der Waals surface area contributed by atoms with E-state index in [1.165, 1.54) is 7.11 Å². The molecule has 0 unspecified atom stereocenters. The van der Waals surface area contributed by atoms with Crippen molar-refractivity contribution in [2.75, 3.05) is 26.9 Å². The van der Waals surface area contributed by atoms with Gasteiger partial charge in [0.05, 0.1) is 50.9 Å². The number of aliphatic hydroxyl groups is 1. The molecule has 3 aromatic rings. The average molecular weight is 898 g/mol. The number of nitrogens with one attached hydrogen (secondary N) is 3. The first-order valence-electron chi connectivity index (χ1n) is 15.1. The zero-order valence-electron chi connectivity index (χ0n) is 27.2. The summed E-state index contributed by atoms with van der Waals surface area (Å²) in [7, 11) is 1.27. The van der Waals surface area contributed by atoms with Crippen molar-refractivity contribution in [3.05, 3.63) is 95.3 Å². The first-order valence-corrected chi connectivity index (χ1v) is 17.3. The zero-order chi connectivity index (χ0) is 35.5. The van der Waals surface area contributed by atoms with E-state index in [4.69, 9.17) is 23.7 Å². The number of amides is 2. The molecule has 1 aliphatic rings. The Labute approximate surface area is 311 Å². The number of aliphatic hydroxyl groups excluding tert-OH is 1. The van der Waals surface area contributed by atoms with Gasteiger partial charge < -0.3 is 39.4 Å². The van der Waals surface area contributed by atoms with Crippen LogP contribution in [0.15, 0.2) is 71.0 Å². The number of carbonyl (C=O) groups excluding carboxylic acids is 3. The lowest BCUT2D eigenvalue weighted by Crippen LogP contribution is -2.45. The van der Waals surface area contributed by atoms with Gasteiger partial charge in [0.25, 0.3) is 0 Å². The second-order valence-electron chi connectivity index (χ2n) is 10.4. The van der Waals surface area contributed by atoms with Crippen LogP contribution >= 0.6 is 45.2 Å². The van der Waals surface area contributed by atoms with Gasteiger partial charge >= 0.3 is 18.0 Å². The van der Waals surface area contributed by atoms with Crippen molar-refractivity contribution in [2.24, 2.45) is 5.10 Å². The van der Waals surface area contributed by atoms with Gasteiger partial charge in [0.2, 0.25) is 0 Å². The molecule has 0 aliphatic carbocycles. The fourth-order valence-electron chi connectivity index (χ4n) is 4.72. The first kappa shape index (κ1) is 37.7. The van der Waals surface area contributed by atoms with Crippen LogP contribution in [0.3, 0.4) is 0 Å². The van der Waals surface area contributed by atoms with E-state index in [1.807, 2.05) is 31.2 Å². The summed E-state index contributed by atoms with van der Waals surface area (Å²) in [4.78, 5) is 36.5. The highest BCUT2D eigenvalue weighted by Gasteiger charge is 2.32. The molecule has 0 spiro atoms. The van der Waals surface area contributed by atoms with E-state index in [0.29, 0.717) is 48.1 Å². The Kier molecular flexibility index (Phi) is 13.9. The van der Waals surface area contributed by atoms with Crippen LogP contribution in [0.5, 0.6) is 17.2 Å². The SMILES string of the molecule is CCOC(=O)c1ccc(COc2c(I)cc(/C=N/N[C@@H](O)COc3ccc([C@@H]4NC(=O)NC(C)=C4C(=O)OC)cc3OCC)cc2I)cc1. The van der Waals surface area contributed by atoms with E-state index in [2.05, 4.69) is 66.3 Å². The van der Waals surface area contributed by atoms with E-state index < -0.39 is 24.3 Å². The van der Waals surface area contributed by atoms with E-state index in [9.17, 15) is 19.5 Å². The molecule has 3 aromatic carbocycles. The first-order chi connectivity index (χ1) is 23.5. The van der Waals surface area contributed by atoms with Gasteiger partial charge in [0.15, 0.2) is 17.7 Å². The van der Waals surface area contributed by atoms with Crippen LogP contribution < -0.4 is 30.3 Å². The predicted octanol–water partition coefficient (Wildman–Crippen LogP) is 5.17. The summed E-state index contributed by atoms with van der Waals surface area (Å²) in [5, 5.41) is 20.0. The van der Waals surface area contributed by atoms with Crippen LogP contribution in [0.1, 0.15) is 53.9 Å². The lowest BCUT2D eigenvalue weighted by atomic mass is 9.95. The van der Waals surface area contributed by atoms with Crippen LogP contribution in [0.2, 0.25) is 0 Å². The number of halogens is 2. The van der Waals surface area contributed by atoms with Gasteiger partial charge in [-0.05, 0) is 119 Å². The number of ether oxygens (including phenoxy) is 5. The normalized spacial score (nSPS) is 14.8. The highest BCUT2D eigenvalue weighted by Crippen LogP contribution is 2.35. The monoisotopic (exact) mass is 898 g/mol. The number of carbonyl (C=O) groups is 3. The van der Waals surface area contributed by atoms with E-state index >= 15 is 0 Å². The van der Waals surface area contributed by atoms with Crippen LogP contribution in [0.25, 0.3) is 0 Å². The molecule has 4 rings (SSSR count). The van der Waals surface area contributed by atoms with Gasteiger partial charge in [-0.25, -0.2) is 14.4 Å². The van der Waals surface area contributed by atoms with Crippen LogP contribution in [0.4, 0.5) is 4.79 Å². The number of benzene rings is 3. The largest absolute Gasteiger partial charge is 0.490 e. The number of rotatable bonds is 15. The van der Waals surface area contributed by atoms with Crippen molar-refractivity contribution in [1.82, 2.24) is 16.1 Å². The molecule has 0 bridgehead atoms. The molecule has 0 radical (unpaired) electrons. The van der Waals surface area contributed by atoms with Crippen molar-refractivity contribution in [3.8, 4) is 17.2 Å². The van der Waals surface area contributed by atoms with Gasteiger partial charge in [0.1, 0.15) is 19.0 Å². The lowest BCUT2D eigenvalue weighted by molar-refractivity contribution is -0.136. The molecular weight excluding hydrogens is 862 g/mol. The maximum absolute atomic E-state index is 12.5. The van der Waals surface area contributed by atoms with Gasteiger partial charge in [0, 0.05) is 5.70 Å². The Morgan fingerprint density at radius 1 is 0.980 bits per heavy atom. The number of allylic oxidation sites excluding steroid dienone is 1. The fourth-order valence-corrected chi connectivity index (χ4v) is 6.85. The molecule has 13 nitrogen and oxygen atoms in total. The Morgan fingerprint density at radius 3 is 2.35 bits per heavy atom. The zero-order valence-corrected chi connectivity index (χ0v) is 31.5. The van der Waals surface area contributed by atoms with Crippen molar-refractivity contribution < 1.29 is 43.2 Å². The molecular formula is C34H36I2N4O9. The molecule has 4 N–H and O–H groups in total. The van der Waals surface area contributed by atoms with Crippen LogP contribution in [0, 0.1) is 7.14 Å². The minimum Gasteiger partial charge on any atom is -0.490 e. The predicted molar refractivity (Wildman–Crippen MR) is 198 cm³/mol. The standard InChI is InChI=1S/C34H36I2N4O9/c1-5-46-27-15-23(30-29(33(43)45-4)19(3)38-34(44)39-30)11-12-26(27)48-18-28(41)40-37-16-21-13-24(35)31(25(36)14-21)49-17-20-7-9-22(10-8-20)32(42)47-6-2/h7-16,28,30,40-41H,5-6,17-18H2,1-4H3,(H2,38,39,44)/b37-16+/t28-,30-/m0/s1. The smallest absolute Gasteiger partial charge is 0.338 e. The number of esters is 2. The third kappa shape index (κ3) is 10.2. The minimum absolute atomic E-state index is 0.157. The summed E-state index contributed by atoms with van der Waals surface area (Å²) >= 11 is 4.39. The number of urea groups is 1. The third-order valence-corrected chi connectivity index (χ3v) is 8.58. The molecule has 15 heteroatoms. The van der Waals surface area contributed by atoms with Crippen LogP contribution in [-0.4, -0.2) is 62.4 Å². The number of hydrazone groups is 1. The quantitative estimate of drug-likeness (QED) is 0.0526. The maximum atomic E-state index is 12.5. The van der Waals surface area contributed by atoms with Crippen LogP contribution in [-0.2, 0) is 20.9 Å². The number of nitrogens with zero attached hydrogens (tertiary/aromatic N) is 1. The Morgan fingerprint density at radius 2 is 1.69 bits per heavy atom. The third-order valence-electron chi connectivity index (χ3n) is 6.98. The molecule has 1 heterocycles. The minimum atomic E-state index is -1.15. The highest BCUT2D eigenvalue weighted by atomic mass is 127. The number of hydrogen-bond acceptors (Lipinski definition) is 11. The molecule has 260 valence electrons. The van der Waals surface area contributed by atoms with Gasteiger partial charge in [-0.3, -0.25) is 5.43 Å². The summed E-state index contributed by atoms with van der Waals surface area (Å²) in [5.74, 6) is 0.507. The average Bonchev–Trinajstić information content (AvgIpc) is 3.07. The van der Waals surface area contributed by atoms with Gasteiger partial charge in [-0.15, -0.1) is 0 Å². The molecule has 0 fully saturated rings. The van der Waals surface area contributed by atoms with E-state index in [1.54, 1.807) is 50.4 Å². The van der Waals surface area contributed by atoms with E-state index in [-0.39, 0.29) is 18.1 Å².